The molecule has 1 saturated heterocycles. The highest BCUT2D eigenvalue weighted by atomic mass is 16.2. The first-order chi connectivity index (χ1) is 8.16. The van der Waals surface area contributed by atoms with Crippen molar-refractivity contribution in [2.75, 3.05) is 6.54 Å². The molecule has 2 rings (SSSR count). The van der Waals surface area contributed by atoms with Gasteiger partial charge in [-0.05, 0) is 39.2 Å². The Morgan fingerprint density at radius 3 is 3.00 bits per heavy atom. The average molecular weight is 237 g/mol. The van der Waals surface area contributed by atoms with E-state index < -0.39 is 0 Å². The van der Waals surface area contributed by atoms with E-state index >= 15 is 0 Å². The minimum absolute atomic E-state index is 0.288. The summed E-state index contributed by atoms with van der Waals surface area (Å²) in [7, 11) is 0. The van der Waals surface area contributed by atoms with Gasteiger partial charge in [-0.25, -0.2) is 4.79 Å². The molecule has 0 radical (unpaired) electrons. The number of H-pyrrole nitrogens is 1. The van der Waals surface area contributed by atoms with Gasteiger partial charge >= 0.3 is 5.69 Å². The molecule has 0 aliphatic carbocycles. The second-order valence-electron chi connectivity index (χ2n) is 4.70. The van der Waals surface area contributed by atoms with E-state index in [1.54, 1.807) is 17.7 Å². The molecule has 1 fully saturated rings. The van der Waals surface area contributed by atoms with Crippen LogP contribution in [0, 0.1) is 6.92 Å². The number of nitrogens with zero attached hydrogens (tertiary/aromatic N) is 1. The van der Waals surface area contributed by atoms with Crippen molar-refractivity contribution in [1.82, 2.24) is 14.9 Å². The number of hydrogen-bond donors (Lipinski definition) is 2. The molecule has 1 unspecified atom stereocenters. The second-order valence-corrected chi connectivity index (χ2v) is 4.70. The summed E-state index contributed by atoms with van der Waals surface area (Å²) in [4.78, 5) is 25.0. The lowest BCUT2D eigenvalue weighted by molar-refractivity contribution is 0.493. The monoisotopic (exact) mass is 237 g/mol. The molecule has 17 heavy (non-hydrogen) atoms. The highest BCUT2D eigenvalue weighted by molar-refractivity contribution is 5.00. The largest absolute Gasteiger partial charge is 0.328 e. The van der Waals surface area contributed by atoms with Gasteiger partial charge in [-0.1, -0.05) is 0 Å². The SMILES string of the molecule is Cc1cn(CCCC2CCCN2)c(=O)[nH]c1=O. The van der Waals surface area contributed by atoms with E-state index in [-0.39, 0.29) is 11.2 Å². The predicted molar refractivity (Wildman–Crippen MR) is 66.3 cm³/mol. The number of aryl methyl sites for hydroxylation is 2. The Morgan fingerprint density at radius 2 is 2.29 bits per heavy atom. The minimum atomic E-state index is -0.306. The van der Waals surface area contributed by atoms with Crippen molar-refractivity contribution in [3.05, 3.63) is 32.6 Å². The van der Waals surface area contributed by atoms with Crippen molar-refractivity contribution in [3.8, 4) is 0 Å². The van der Waals surface area contributed by atoms with Crippen LogP contribution in [0.4, 0.5) is 0 Å². The topological polar surface area (TPSA) is 66.9 Å². The zero-order valence-electron chi connectivity index (χ0n) is 10.2. The predicted octanol–water partition coefficient (Wildman–Crippen LogP) is 0.377. The molecule has 1 aliphatic rings. The smallest absolute Gasteiger partial charge is 0.314 e. The molecule has 0 bridgehead atoms. The Morgan fingerprint density at radius 1 is 1.47 bits per heavy atom. The van der Waals surface area contributed by atoms with Crippen LogP contribution >= 0.6 is 0 Å². The molecule has 1 aliphatic heterocycles. The Hall–Kier alpha value is -1.36. The van der Waals surface area contributed by atoms with Gasteiger partial charge in [0, 0.05) is 24.3 Å². The van der Waals surface area contributed by atoms with Crippen molar-refractivity contribution in [3.63, 3.8) is 0 Å². The zero-order valence-corrected chi connectivity index (χ0v) is 10.2. The normalized spacial score (nSPS) is 19.7. The van der Waals surface area contributed by atoms with Crippen LogP contribution in [0.15, 0.2) is 15.8 Å². The summed E-state index contributed by atoms with van der Waals surface area (Å²) in [5, 5.41) is 3.43. The highest BCUT2D eigenvalue weighted by Gasteiger charge is 2.13. The van der Waals surface area contributed by atoms with Crippen LogP contribution in [-0.4, -0.2) is 22.1 Å². The number of aromatic nitrogens is 2. The van der Waals surface area contributed by atoms with E-state index in [2.05, 4.69) is 10.3 Å². The van der Waals surface area contributed by atoms with Gasteiger partial charge in [-0.3, -0.25) is 9.78 Å². The van der Waals surface area contributed by atoms with E-state index in [1.165, 1.54) is 12.8 Å². The van der Waals surface area contributed by atoms with Crippen LogP contribution in [-0.2, 0) is 6.54 Å². The molecule has 0 amide bonds. The molecular weight excluding hydrogens is 218 g/mol. The Labute approximate surface area is 99.9 Å². The van der Waals surface area contributed by atoms with E-state index in [4.69, 9.17) is 0 Å². The maximum Gasteiger partial charge on any atom is 0.328 e. The maximum atomic E-state index is 11.5. The third-order valence-corrected chi connectivity index (χ3v) is 3.30. The summed E-state index contributed by atoms with van der Waals surface area (Å²) in [5.41, 5.74) is -0.00715. The molecular formula is C12H19N3O2. The van der Waals surface area contributed by atoms with Crippen molar-refractivity contribution in [1.29, 1.82) is 0 Å². The lowest BCUT2D eigenvalue weighted by Gasteiger charge is -2.10. The molecule has 0 spiro atoms. The fourth-order valence-corrected chi connectivity index (χ4v) is 2.30. The van der Waals surface area contributed by atoms with Crippen LogP contribution in [0.5, 0.6) is 0 Å². The highest BCUT2D eigenvalue weighted by Crippen LogP contribution is 2.10. The molecule has 0 aromatic carbocycles. The molecule has 0 saturated carbocycles. The van der Waals surface area contributed by atoms with E-state index in [0.717, 1.165) is 19.4 Å². The van der Waals surface area contributed by atoms with Gasteiger partial charge in [0.2, 0.25) is 0 Å². The Bertz CT molecular complexity index is 483. The molecule has 1 aromatic heterocycles. The summed E-state index contributed by atoms with van der Waals surface area (Å²) in [6, 6.07) is 0.606. The van der Waals surface area contributed by atoms with Crippen molar-refractivity contribution < 1.29 is 0 Å². The maximum absolute atomic E-state index is 11.5. The molecule has 1 aromatic rings. The first-order valence-corrected chi connectivity index (χ1v) is 6.20. The first kappa shape index (κ1) is 12.1. The average Bonchev–Trinajstić information content (AvgIpc) is 2.78. The van der Waals surface area contributed by atoms with Gasteiger partial charge < -0.3 is 9.88 Å². The molecule has 94 valence electrons. The number of rotatable bonds is 4. The Kier molecular flexibility index (Phi) is 3.78. The van der Waals surface area contributed by atoms with Gasteiger partial charge in [0.1, 0.15) is 0 Å². The molecule has 1 atom stereocenters. The van der Waals surface area contributed by atoms with Gasteiger partial charge in [0.15, 0.2) is 0 Å². The van der Waals surface area contributed by atoms with Gasteiger partial charge in [0.25, 0.3) is 5.56 Å². The quantitative estimate of drug-likeness (QED) is 0.795. The van der Waals surface area contributed by atoms with E-state index in [0.29, 0.717) is 18.2 Å². The van der Waals surface area contributed by atoms with Gasteiger partial charge in [-0.15, -0.1) is 0 Å². The number of nitrogens with one attached hydrogen (secondary N) is 2. The van der Waals surface area contributed by atoms with Crippen LogP contribution in [0.25, 0.3) is 0 Å². The van der Waals surface area contributed by atoms with Crippen LogP contribution in [0.2, 0.25) is 0 Å². The van der Waals surface area contributed by atoms with Crippen molar-refractivity contribution in [2.45, 2.75) is 45.2 Å². The summed E-state index contributed by atoms with van der Waals surface area (Å²) in [6.07, 6.45) is 6.18. The van der Waals surface area contributed by atoms with Crippen LogP contribution in [0.1, 0.15) is 31.2 Å². The third-order valence-electron chi connectivity index (χ3n) is 3.30. The minimum Gasteiger partial charge on any atom is -0.314 e. The molecule has 2 N–H and O–H groups in total. The first-order valence-electron chi connectivity index (χ1n) is 6.20. The third kappa shape index (κ3) is 3.06. The summed E-state index contributed by atoms with van der Waals surface area (Å²) >= 11 is 0. The molecule has 5 nitrogen and oxygen atoms in total. The van der Waals surface area contributed by atoms with Gasteiger partial charge in [-0.2, -0.15) is 0 Å². The number of hydrogen-bond acceptors (Lipinski definition) is 3. The molecule has 2 heterocycles. The van der Waals surface area contributed by atoms with Crippen molar-refractivity contribution in [2.24, 2.45) is 0 Å². The van der Waals surface area contributed by atoms with E-state index in [1.807, 2.05) is 0 Å². The summed E-state index contributed by atoms with van der Waals surface area (Å²) in [5.74, 6) is 0. The van der Waals surface area contributed by atoms with Crippen LogP contribution < -0.4 is 16.6 Å². The number of aromatic amines is 1. The summed E-state index contributed by atoms with van der Waals surface area (Å²) in [6.45, 7) is 3.50. The van der Waals surface area contributed by atoms with Crippen LogP contribution in [0.3, 0.4) is 0 Å². The fraction of sp³-hybridized carbons (Fsp3) is 0.667. The molecule has 5 heteroatoms. The lowest BCUT2D eigenvalue weighted by Crippen LogP contribution is -2.31. The Balaban J connectivity index is 1.92. The zero-order chi connectivity index (χ0) is 12.3. The fourth-order valence-electron chi connectivity index (χ4n) is 2.30. The second kappa shape index (κ2) is 5.31. The van der Waals surface area contributed by atoms with Gasteiger partial charge in [0.05, 0.1) is 0 Å². The summed E-state index contributed by atoms with van der Waals surface area (Å²) < 4.78 is 1.59. The van der Waals surface area contributed by atoms with Crippen molar-refractivity contribution >= 4 is 0 Å². The lowest BCUT2D eigenvalue weighted by atomic mass is 10.1. The van der Waals surface area contributed by atoms with E-state index in [9.17, 15) is 9.59 Å². The standard InChI is InChI=1S/C12H19N3O2/c1-9-8-15(12(17)14-11(9)16)7-3-5-10-4-2-6-13-10/h8,10,13H,2-7H2,1H3,(H,14,16,17).